The molecule has 1 unspecified atom stereocenters. The number of imidazole rings is 1. The largest absolute Gasteiger partial charge is 0.358 e. The van der Waals surface area contributed by atoms with Crippen LogP contribution in [-0.4, -0.2) is 42.3 Å². The molecule has 1 atom stereocenters. The van der Waals surface area contributed by atoms with Gasteiger partial charge in [0.1, 0.15) is 33.3 Å². The van der Waals surface area contributed by atoms with Crippen molar-refractivity contribution in [2.45, 2.75) is 142 Å². The van der Waals surface area contributed by atoms with E-state index in [0.29, 0.717) is 38.4 Å². The molecule has 0 N–H and O–H groups in total. The minimum absolute atomic E-state index is 0.0334. The molecule has 5 nitrogen and oxygen atoms in total. The Morgan fingerprint density at radius 3 is 1.64 bits per heavy atom. The highest BCUT2D eigenvalue weighted by atomic mass is 35.5. The first-order chi connectivity index (χ1) is 16.7. The van der Waals surface area contributed by atoms with Gasteiger partial charge in [0.15, 0.2) is 10.8 Å². The van der Waals surface area contributed by atoms with Crippen molar-refractivity contribution in [1.82, 2.24) is 19.5 Å². The number of aromatic nitrogens is 4. The maximum absolute atomic E-state index is 7.07. The minimum Gasteiger partial charge on any atom is -0.358 e. The van der Waals surface area contributed by atoms with E-state index in [0.717, 1.165) is 42.5 Å². The fourth-order valence-electron chi connectivity index (χ4n) is 8.19. The normalized spacial score (nSPS) is 18.2. The summed E-state index contributed by atoms with van der Waals surface area (Å²) >= 11 is 7.07. The zero-order valence-corrected chi connectivity index (χ0v) is 27.7. The Morgan fingerprint density at radius 2 is 1.22 bits per heavy atom. The molecule has 1 fully saturated rings. The number of hydrogen-bond acceptors (Lipinski definition) is 4. The molecule has 36 heavy (non-hydrogen) atoms. The number of fused-ring (bicyclic) bond motifs is 1. The zero-order chi connectivity index (χ0) is 27.2. The van der Waals surface area contributed by atoms with Crippen molar-refractivity contribution in [3.05, 3.63) is 5.15 Å². The average Bonchev–Trinajstić information content (AvgIpc) is 3.13. The molecular formula is C28H51ClN4OSi2. The monoisotopic (exact) mass is 550 g/mol. The van der Waals surface area contributed by atoms with Gasteiger partial charge in [0.2, 0.25) is 0 Å². The number of halogens is 1. The third kappa shape index (κ3) is 4.54. The van der Waals surface area contributed by atoms with Crippen LogP contribution in [0.2, 0.25) is 38.4 Å². The summed E-state index contributed by atoms with van der Waals surface area (Å²) in [5.74, 6) is 0. The molecule has 0 aromatic carbocycles. The molecule has 2 aromatic rings. The first-order valence-electron chi connectivity index (χ1n) is 14.3. The fraction of sp³-hybridized carbons (Fsp3) is 0.821. The number of nitrogens with zero attached hydrogens (tertiary/aromatic N) is 4. The highest BCUT2D eigenvalue weighted by Gasteiger charge is 2.51. The molecular weight excluding hydrogens is 500 g/mol. The lowest BCUT2D eigenvalue weighted by atomic mass is 10.2. The van der Waals surface area contributed by atoms with E-state index in [1.807, 2.05) is 0 Å². The van der Waals surface area contributed by atoms with Gasteiger partial charge in [-0.05, 0) is 52.5 Å². The van der Waals surface area contributed by atoms with E-state index in [1.54, 1.807) is 0 Å². The Bertz CT molecular complexity index is 998. The van der Waals surface area contributed by atoms with Crippen molar-refractivity contribution in [2.75, 3.05) is 6.61 Å². The summed E-state index contributed by atoms with van der Waals surface area (Å²) in [7, 11) is -4.21. The number of ether oxygens (including phenoxy) is 1. The Hall–Kier alpha value is -0.766. The van der Waals surface area contributed by atoms with Gasteiger partial charge in [-0.25, -0.2) is 15.0 Å². The Kier molecular flexibility index (Phi) is 9.22. The molecule has 1 saturated heterocycles. The summed E-state index contributed by atoms with van der Waals surface area (Å²) in [5.41, 5.74) is 6.97. The third-order valence-corrected chi connectivity index (χ3v) is 23.3. The second-order valence-electron chi connectivity index (χ2n) is 12.9. The molecule has 204 valence electrons. The number of hydrogen-bond donors (Lipinski definition) is 0. The molecule has 3 rings (SSSR count). The van der Waals surface area contributed by atoms with Crippen LogP contribution in [0, 0.1) is 0 Å². The van der Waals surface area contributed by atoms with Crippen LogP contribution < -0.4 is 10.9 Å². The molecule has 0 amide bonds. The summed E-state index contributed by atoms with van der Waals surface area (Å²) in [5, 5.41) is 0.517. The standard InChI is InChI=1S/C28H51ClN4OSi2/c1-17(2)35(18(3)4,19(5)6)27-31-25(29)24-26(32-27)33(23-15-13-14-16-34-23)28(30-24)36(20(7)8,21(9)10)22(11)12/h17-23H,13-16H2,1-12H3. The molecule has 0 radical (unpaired) electrons. The molecule has 0 bridgehead atoms. The summed E-state index contributed by atoms with van der Waals surface area (Å²) in [6.45, 7) is 29.3. The molecule has 3 heterocycles. The molecule has 2 aromatic heterocycles. The molecule has 0 aliphatic carbocycles. The van der Waals surface area contributed by atoms with Crippen LogP contribution in [0.3, 0.4) is 0 Å². The van der Waals surface area contributed by atoms with E-state index < -0.39 is 16.1 Å². The summed E-state index contributed by atoms with van der Waals surface area (Å²) in [6.07, 6.45) is 3.24. The van der Waals surface area contributed by atoms with Gasteiger partial charge in [0, 0.05) is 6.61 Å². The van der Waals surface area contributed by atoms with Crippen LogP contribution in [0.1, 0.15) is 109 Å². The van der Waals surface area contributed by atoms with E-state index in [2.05, 4.69) is 87.7 Å². The van der Waals surface area contributed by atoms with Crippen molar-refractivity contribution >= 4 is 49.8 Å². The van der Waals surface area contributed by atoms with Gasteiger partial charge in [-0.3, -0.25) is 4.57 Å². The highest BCUT2D eigenvalue weighted by Crippen LogP contribution is 2.44. The minimum atomic E-state index is -2.11. The van der Waals surface area contributed by atoms with Crippen LogP contribution >= 0.6 is 11.6 Å². The molecule has 1 aliphatic rings. The second kappa shape index (κ2) is 11.1. The second-order valence-corrected chi connectivity index (χ2v) is 24.8. The zero-order valence-electron chi connectivity index (χ0n) is 24.9. The van der Waals surface area contributed by atoms with E-state index in [1.165, 1.54) is 5.45 Å². The van der Waals surface area contributed by atoms with Crippen molar-refractivity contribution < 1.29 is 4.74 Å². The highest BCUT2D eigenvalue weighted by molar-refractivity contribution is 6.94. The van der Waals surface area contributed by atoms with E-state index in [-0.39, 0.29) is 6.23 Å². The van der Waals surface area contributed by atoms with Gasteiger partial charge >= 0.3 is 0 Å². The molecule has 8 heteroatoms. The molecule has 1 aliphatic heterocycles. The van der Waals surface area contributed by atoms with Crippen molar-refractivity contribution in [2.24, 2.45) is 0 Å². The van der Waals surface area contributed by atoms with Crippen LogP contribution in [0.5, 0.6) is 0 Å². The summed E-state index contributed by atoms with van der Waals surface area (Å²) < 4.78 is 8.88. The predicted molar refractivity (Wildman–Crippen MR) is 161 cm³/mol. The Labute approximate surface area is 227 Å². The van der Waals surface area contributed by atoms with E-state index in [9.17, 15) is 0 Å². The summed E-state index contributed by atoms with van der Waals surface area (Å²) in [4.78, 5) is 15.9. The number of rotatable bonds is 9. The first kappa shape index (κ1) is 29.8. The topological polar surface area (TPSA) is 52.8 Å². The molecule has 0 spiro atoms. The maximum atomic E-state index is 7.07. The van der Waals surface area contributed by atoms with E-state index >= 15 is 0 Å². The predicted octanol–water partition coefficient (Wildman–Crippen LogP) is 7.95. The van der Waals surface area contributed by atoms with Gasteiger partial charge in [0.25, 0.3) is 0 Å². The van der Waals surface area contributed by atoms with Crippen molar-refractivity contribution in [1.29, 1.82) is 0 Å². The fourth-order valence-corrected chi connectivity index (χ4v) is 21.1. The lowest BCUT2D eigenvalue weighted by Gasteiger charge is -2.43. The average molecular weight is 551 g/mol. The maximum Gasteiger partial charge on any atom is 0.166 e. The van der Waals surface area contributed by atoms with Gasteiger partial charge in [-0.2, -0.15) is 0 Å². The van der Waals surface area contributed by atoms with Crippen molar-refractivity contribution in [3.8, 4) is 0 Å². The molecule has 0 saturated carbocycles. The quantitative estimate of drug-likeness (QED) is 0.235. The first-order valence-corrected chi connectivity index (χ1v) is 19.2. The van der Waals surface area contributed by atoms with Gasteiger partial charge in [0.05, 0.1) is 5.45 Å². The van der Waals surface area contributed by atoms with Gasteiger partial charge < -0.3 is 4.74 Å². The van der Waals surface area contributed by atoms with E-state index in [4.69, 9.17) is 31.3 Å². The van der Waals surface area contributed by atoms with Crippen LogP contribution in [0.25, 0.3) is 11.2 Å². The van der Waals surface area contributed by atoms with Crippen LogP contribution in [0.15, 0.2) is 0 Å². The SMILES string of the molecule is CC(C)[Si](c1nc(Cl)c2nc([Si](C(C)C)(C(C)C)C(C)C)n(C3CCCCO3)c2n1)(C(C)C)C(C)C. The summed E-state index contributed by atoms with van der Waals surface area (Å²) in [6, 6.07) is 0. The Morgan fingerprint density at radius 1 is 0.722 bits per heavy atom. The lowest BCUT2D eigenvalue weighted by molar-refractivity contribution is -0.0281. The smallest absolute Gasteiger partial charge is 0.166 e. The van der Waals surface area contributed by atoms with Crippen molar-refractivity contribution in [3.63, 3.8) is 0 Å². The van der Waals surface area contributed by atoms with Gasteiger partial charge in [-0.1, -0.05) is 94.7 Å². The van der Waals surface area contributed by atoms with Gasteiger partial charge in [-0.15, -0.1) is 0 Å². The lowest BCUT2D eigenvalue weighted by Crippen LogP contribution is -2.60. The Balaban J connectivity index is 2.49. The van der Waals surface area contributed by atoms with Crippen LogP contribution in [-0.2, 0) is 4.74 Å². The third-order valence-electron chi connectivity index (χ3n) is 9.45. The van der Waals surface area contributed by atoms with Crippen LogP contribution in [0.4, 0.5) is 0 Å².